The van der Waals surface area contributed by atoms with Gasteiger partial charge in [0, 0.05) is 25.4 Å². The highest BCUT2D eigenvalue weighted by molar-refractivity contribution is 9.10. The minimum Gasteiger partial charge on any atom is -0.496 e. The standard InChI is InChI=1S/C16H17BrN2O2/c1-11-6-7-14(21-3)12(9-11)10-19(2)16(20)13-5-4-8-18-15(13)17/h4-9H,10H2,1-3H3. The Bertz CT molecular complexity index is 658. The number of carbonyl (C=O) groups is 1. The Morgan fingerprint density at radius 3 is 2.81 bits per heavy atom. The predicted octanol–water partition coefficient (Wildman–Crippen LogP) is 3.43. The number of methoxy groups -OCH3 is 1. The maximum atomic E-state index is 12.5. The molecule has 21 heavy (non-hydrogen) atoms. The number of pyridine rings is 1. The zero-order valence-corrected chi connectivity index (χ0v) is 13.8. The van der Waals surface area contributed by atoms with Crippen molar-refractivity contribution in [2.45, 2.75) is 13.5 Å². The van der Waals surface area contributed by atoms with Crippen molar-refractivity contribution in [2.75, 3.05) is 14.2 Å². The van der Waals surface area contributed by atoms with Crippen LogP contribution in [0.15, 0.2) is 41.1 Å². The van der Waals surface area contributed by atoms with E-state index in [0.29, 0.717) is 16.7 Å². The fourth-order valence-corrected chi connectivity index (χ4v) is 2.53. The Kier molecular flexibility index (Phi) is 4.96. The van der Waals surface area contributed by atoms with Gasteiger partial charge < -0.3 is 9.64 Å². The van der Waals surface area contributed by atoms with Crippen LogP contribution in [-0.4, -0.2) is 29.9 Å². The summed E-state index contributed by atoms with van der Waals surface area (Å²) in [5, 5.41) is 0. The largest absolute Gasteiger partial charge is 0.496 e. The Hall–Kier alpha value is -1.88. The summed E-state index contributed by atoms with van der Waals surface area (Å²) >= 11 is 3.31. The zero-order chi connectivity index (χ0) is 15.4. The van der Waals surface area contributed by atoms with Crippen LogP contribution in [0.4, 0.5) is 0 Å². The lowest BCUT2D eigenvalue weighted by Crippen LogP contribution is -2.27. The smallest absolute Gasteiger partial charge is 0.256 e. The number of aromatic nitrogens is 1. The third kappa shape index (κ3) is 3.61. The lowest BCUT2D eigenvalue weighted by atomic mass is 10.1. The van der Waals surface area contributed by atoms with Crippen molar-refractivity contribution in [3.63, 3.8) is 0 Å². The Balaban J connectivity index is 2.22. The number of benzene rings is 1. The normalized spacial score (nSPS) is 10.3. The first-order chi connectivity index (χ1) is 10.0. The van der Waals surface area contributed by atoms with Crippen molar-refractivity contribution in [3.05, 3.63) is 57.8 Å². The van der Waals surface area contributed by atoms with E-state index in [4.69, 9.17) is 4.74 Å². The highest BCUT2D eigenvalue weighted by Gasteiger charge is 2.17. The van der Waals surface area contributed by atoms with E-state index >= 15 is 0 Å². The van der Waals surface area contributed by atoms with Crippen molar-refractivity contribution in [3.8, 4) is 5.75 Å². The van der Waals surface area contributed by atoms with Gasteiger partial charge in [0.15, 0.2) is 0 Å². The van der Waals surface area contributed by atoms with Crippen LogP contribution >= 0.6 is 15.9 Å². The van der Waals surface area contributed by atoms with E-state index in [-0.39, 0.29) is 5.91 Å². The van der Waals surface area contributed by atoms with Crippen molar-refractivity contribution in [2.24, 2.45) is 0 Å². The van der Waals surface area contributed by atoms with E-state index in [2.05, 4.69) is 20.9 Å². The van der Waals surface area contributed by atoms with Crippen LogP contribution in [0.3, 0.4) is 0 Å². The van der Waals surface area contributed by atoms with Gasteiger partial charge in [0.25, 0.3) is 5.91 Å². The molecule has 2 aromatic rings. The number of amides is 1. The maximum Gasteiger partial charge on any atom is 0.256 e. The van der Waals surface area contributed by atoms with Crippen LogP contribution in [0.2, 0.25) is 0 Å². The van der Waals surface area contributed by atoms with Gasteiger partial charge in [0.05, 0.1) is 12.7 Å². The average molecular weight is 349 g/mol. The summed E-state index contributed by atoms with van der Waals surface area (Å²) in [5.74, 6) is 0.698. The molecule has 4 nitrogen and oxygen atoms in total. The fourth-order valence-electron chi connectivity index (χ4n) is 2.11. The topological polar surface area (TPSA) is 42.4 Å². The molecule has 0 fully saturated rings. The number of hydrogen-bond donors (Lipinski definition) is 0. The number of rotatable bonds is 4. The molecule has 1 heterocycles. The summed E-state index contributed by atoms with van der Waals surface area (Å²) in [4.78, 5) is 18.2. The SMILES string of the molecule is COc1ccc(C)cc1CN(C)C(=O)c1cccnc1Br. The van der Waals surface area contributed by atoms with Gasteiger partial charge >= 0.3 is 0 Å². The van der Waals surface area contributed by atoms with Crippen LogP contribution in [0, 0.1) is 6.92 Å². The highest BCUT2D eigenvalue weighted by Crippen LogP contribution is 2.22. The molecule has 0 saturated heterocycles. The molecule has 0 bridgehead atoms. The monoisotopic (exact) mass is 348 g/mol. The number of carbonyl (C=O) groups excluding carboxylic acids is 1. The molecule has 2 rings (SSSR count). The van der Waals surface area contributed by atoms with E-state index in [9.17, 15) is 4.79 Å². The molecule has 0 atom stereocenters. The van der Waals surface area contributed by atoms with Crippen LogP contribution < -0.4 is 4.74 Å². The predicted molar refractivity (Wildman–Crippen MR) is 85.5 cm³/mol. The molecule has 0 saturated carbocycles. The van der Waals surface area contributed by atoms with E-state index in [1.807, 2.05) is 25.1 Å². The Morgan fingerprint density at radius 2 is 2.14 bits per heavy atom. The van der Waals surface area contributed by atoms with E-state index < -0.39 is 0 Å². The molecule has 0 spiro atoms. The number of nitrogens with zero attached hydrogens (tertiary/aromatic N) is 2. The molecule has 0 unspecified atom stereocenters. The van der Waals surface area contributed by atoms with Crippen molar-refractivity contribution in [1.82, 2.24) is 9.88 Å². The highest BCUT2D eigenvalue weighted by atomic mass is 79.9. The van der Waals surface area contributed by atoms with Gasteiger partial charge in [-0.2, -0.15) is 0 Å². The molecule has 5 heteroatoms. The summed E-state index contributed by atoms with van der Waals surface area (Å²) in [6, 6.07) is 9.44. The molecular formula is C16H17BrN2O2. The number of ether oxygens (including phenoxy) is 1. The van der Waals surface area contributed by atoms with E-state index in [1.54, 1.807) is 37.4 Å². The number of hydrogen-bond acceptors (Lipinski definition) is 3. The third-order valence-corrected chi connectivity index (χ3v) is 3.81. The van der Waals surface area contributed by atoms with Gasteiger partial charge in [-0.05, 0) is 41.1 Å². The summed E-state index contributed by atoms with van der Waals surface area (Å²) < 4.78 is 5.90. The molecule has 110 valence electrons. The second kappa shape index (κ2) is 6.72. The van der Waals surface area contributed by atoms with Gasteiger partial charge in [0.1, 0.15) is 10.4 Å². The van der Waals surface area contributed by atoms with Gasteiger partial charge in [0.2, 0.25) is 0 Å². The van der Waals surface area contributed by atoms with Crippen molar-refractivity contribution < 1.29 is 9.53 Å². The van der Waals surface area contributed by atoms with Crippen LogP contribution in [0.5, 0.6) is 5.75 Å². The van der Waals surface area contributed by atoms with E-state index in [1.165, 1.54) is 0 Å². The zero-order valence-electron chi connectivity index (χ0n) is 12.3. The summed E-state index contributed by atoms with van der Waals surface area (Å²) in [6.07, 6.45) is 1.64. The lowest BCUT2D eigenvalue weighted by molar-refractivity contribution is 0.0782. The summed E-state index contributed by atoms with van der Waals surface area (Å²) in [6.45, 7) is 2.49. The van der Waals surface area contributed by atoms with Gasteiger partial charge in [-0.25, -0.2) is 4.98 Å². The number of halogens is 1. The molecule has 1 amide bonds. The minimum absolute atomic E-state index is 0.0847. The van der Waals surface area contributed by atoms with Crippen LogP contribution in [0.1, 0.15) is 21.5 Å². The van der Waals surface area contributed by atoms with Crippen molar-refractivity contribution in [1.29, 1.82) is 0 Å². The van der Waals surface area contributed by atoms with Gasteiger partial charge in [-0.15, -0.1) is 0 Å². The fraction of sp³-hybridized carbons (Fsp3) is 0.250. The molecule has 1 aromatic heterocycles. The molecule has 0 aliphatic rings. The second-order valence-electron chi connectivity index (χ2n) is 4.82. The summed E-state index contributed by atoms with van der Waals surface area (Å²) in [7, 11) is 3.40. The number of aryl methyl sites for hydroxylation is 1. The van der Waals surface area contributed by atoms with E-state index in [0.717, 1.165) is 16.9 Å². The van der Waals surface area contributed by atoms with Crippen molar-refractivity contribution >= 4 is 21.8 Å². The molecule has 0 N–H and O–H groups in total. The lowest BCUT2D eigenvalue weighted by Gasteiger charge is -2.19. The van der Waals surface area contributed by atoms with Gasteiger partial charge in [-0.3, -0.25) is 4.79 Å². The Morgan fingerprint density at radius 1 is 1.38 bits per heavy atom. The third-order valence-electron chi connectivity index (χ3n) is 3.18. The maximum absolute atomic E-state index is 12.5. The summed E-state index contributed by atoms with van der Waals surface area (Å²) in [5.41, 5.74) is 2.66. The van der Waals surface area contributed by atoms with Crippen LogP contribution in [-0.2, 0) is 6.54 Å². The second-order valence-corrected chi connectivity index (χ2v) is 5.57. The van der Waals surface area contributed by atoms with Gasteiger partial charge in [-0.1, -0.05) is 17.7 Å². The molecule has 1 aromatic carbocycles. The average Bonchev–Trinajstić information content (AvgIpc) is 2.47. The molecular weight excluding hydrogens is 332 g/mol. The Labute approximate surface area is 132 Å². The molecule has 0 aliphatic carbocycles. The first-order valence-corrected chi connectivity index (χ1v) is 7.31. The quantitative estimate of drug-likeness (QED) is 0.795. The molecule has 0 radical (unpaired) electrons. The first kappa shape index (κ1) is 15.5. The minimum atomic E-state index is -0.0847. The molecule has 0 aliphatic heterocycles. The first-order valence-electron chi connectivity index (χ1n) is 6.52. The van der Waals surface area contributed by atoms with Crippen LogP contribution in [0.25, 0.3) is 0 Å².